The second-order valence-corrected chi connectivity index (χ2v) is 6.53. The van der Waals surface area contributed by atoms with E-state index in [0.717, 1.165) is 23.5 Å². The molecule has 2 atom stereocenters. The Morgan fingerprint density at radius 2 is 2.00 bits per heavy atom. The quantitative estimate of drug-likeness (QED) is 0.850. The first kappa shape index (κ1) is 18.2. The molecule has 0 saturated carbocycles. The molecule has 1 N–H and O–H groups in total. The van der Waals surface area contributed by atoms with Gasteiger partial charge in [0.25, 0.3) is 5.91 Å². The van der Waals surface area contributed by atoms with Crippen LogP contribution in [-0.4, -0.2) is 29.3 Å². The summed E-state index contributed by atoms with van der Waals surface area (Å²) >= 11 is 0. The molecule has 1 aromatic carbocycles. The van der Waals surface area contributed by atoms with Crippen molar-refractivity contribution in [1.29, 1.82) is 0 Å². The molecule has 1 amide bonds. The molecular formula is C19H27N3O2. The lowest BCUT2D eigenvalue weighted by molar-refractivity contribution is -0.142. The molecule has 0 aliphatic carbocycles. The molecule has 2 rings (SSSR count). The zero-order valence-corrected chi connectivity index (χ0v) is 15.2. The predicted molar refractivity (Wildman–Crippen MR) is 94.7 cm³/mol. The van der Waals surface area contributed by atoms with Crippen molar-refractivity contribution < 1.29 is 9.53 Å². The number of carbonyl (C=O) groups excluding carboxylic acids is 1. The number of hydrogen-bond acceptors (Lipinski definition) is 3. The zero-order valence-electron chi connectivity index (χ0n) is 15.2. The van der Waals surface area contributed by atoms with Gasteiger partial charge in [0.05, 0.1) is 5.69 Å². The summed E-state index contributed by atoms with van der Waals surface area (Å²) in [5.74, 6) is 0.139. The third kappa shape index (κ3) is 4.03. The van der Waals surface area contributed by atoms with Crippen LogP contribution in [0.2, 0.25) is 0 Å². The molecule has 24 heavy (non-hydrogen) atoms. The van der Waals surface area contributed by atoms with Gasteiger partial charge in [0.2, 0.25) is 0 Å². The van der Waals surface area contributed by atoms with Gasteiger partial charge in [-0.05, 0) is 38.3 Å². The Morgan fingerprint density at radius 3 is 2.54 bits per heavy atom. The molecule has 130 valence electrons. The largest absolute Gasteiger partial charge is 0.364 e. The van der Waals surface area contributed by atoms with Crippen LogP contribution in [0.1, 0.15) is 30.8 Å². The summed E-state index contributed by atoms with van der Waals surface area (Å²) in [5.41, 5.74) is 2.01. The summed E-state index contributed by atoms with van der Waals surface area (Å²) < 4.78 is 7.51. The Balaban J connectivity index is 1.97. The standard InChI is InChI=1S/C19H27N3O2/c1-14(13-22-16(3)11-15(2)21-22)12-20-18(23)19(4,24-5)17-9-7-6-8-10-17/h6-11,14H,12-13H2,1-5H3,(H,20,23)/t14-,19-/m0/s1. The first-order valence-corrected chi connectivity index (χ1v) is 8.27. The van der Waals surface area contributed by atoms with E-state index >= 15 is 0 Å². The minimum atomic E-state index is -0.987. The zero-order chi connectivity index (χ0) is 17.7. The van der Waals surface area contributed by atoms with E-state index in [0.29, 0.717) is 6.54 Å². The molecule has 0 aliphatic heterocycles. The fourth-order valence-electron chi connectivity index (χ4n) is 2.75. The molecule has 1 heterocycles. The van der Waals surface area contributed by atoms with E-state index in [1.165, 1.54) is 0 Å². The highest BCUT2D eigenvalue weighted by atomic mass is 16.5. The second-order valence-electron chi connectivity index (χ2n) is 6.53. The van der Waals surface area contributed by atoms with Gasteiger partial charge in [-0.3, -0.25) is 9.48 Å². The van der Waals surface area contributed by atoms with Crippen molar-refractivity contribution in [2.24, 2.45) is 5.92 Å². The van der Waals surface area contributed by atoms with Crippen LogP contribution in [0.15, 0.2) is 36.4 Å². The first-order valence-electron chi connectivity index (χ1n) is 8.27. The maximum atomic E-state index is 12.7. The van der Waals surface area contributed by atoms with Gasteiger partial charge >= 0.3 is 0 Å². The summed E-state index contributed by atoms with van der Waals surface area (Å²) in [6, 6.07) is 11.6. The fraction of sp³-hybridized carbons (Fsp3) is 0.474. The lowest BCUT2D eigenvalue weighted by Gasteiger charge is -2.28. The molecule has 0 spiro atoms. The van der Waals surface area contributed by atoms with Crippen LogP contribution in [0.3, 0.4) is 0 Å². The number of aryl methyl sites for hydroxylation is 2. The monoisotopic (exact) mass is 329 g/mol. The summed E-state index contributed by atoms with van der Waals surface area (Å²) in [6.07, 6.45) is 0. The summed E-state index contributed by atoms with van der Waals surface area (Å²) in [5, 5.41) is 7.48. The summed E-state index contributed by atoms with van der Waals surface area (Å²) in [7, 11) is 1.56. The smallest absolute Gasteiger partial charge is 0.256 e. The highest BCUT2D eigenvalue weighted by Gasteiger charge is 2.35. The average molecular weight is 329 g/mol. The molecule has 0 aliphatic rings. The van der Waals surface area contributed by atoms with Crippen molar-refractivity contribution in [1.82, 2.24) is 15.1 Å². The number of rotatable bonds is 7. The van der Waals surface area contributed by atoms with Crippen LogP contribution in [0.25, 0.3) is 0 Å². The van der Waals surface area contributed by atoms with Gasteiger partial charge in [-0.2, -0.15) is 5.10 Å². The normalized spacial score (nSPS) is 14.9. The lowest BCUT2D eigenvalue weighted by atomic mass is 9.94. The molecule has 5 nitrogen and oxygen atoms in total. The Morgan fingerprint density at radius 1 is 1.33 bits per heavy atom. The SMILES string of the molecule is CO[C@](C)(C(=O)NC[C@H](C)Cn1nc(C)cc1C)c1ccccc1. The highest BCUT2D eigenvalue weighted by Crippen LogP contribution is 2.24. The molecule has 0 saturated heterocycles. The van der Waals surface area contributed by atoms with Gasteiger partial charge in [0, 0.05) is 25.9 Å². The summed E-state index contributed by atoms with van der Waals surface area (Å²) in [4.78, 5) is 12.7. The van der Waals surface area contributed by atoms with Gasteiger partial charge in [-0.15, -0.1) is 0 Å². The van der Waals surface area contributed by atoms with E-state index in [1.54, 1.807) is 14.0 Å². The Hall–Kier alpha value is -2.14. The van der Waals surface area contributed by atoms with Crippen molar-refractivity contribution in [2.45, 2.75) is 39.8 Å². The van der Waals surface area contributed by atoms with Crippen molar-refractivity contribution in [2.75, 3.05) is 13.7 Å². The van der Waals surface area contributed by atoms with Crippen molar-refractivity contribution in [3.05, 3.63) is 53.3 Å². The summed E-state index contributed by atoms with van der Waals surface area (Å²) in [6.45, 7) is 9.27. The van der Waals surface area contributed by atoms with Gasteiger partial charge in [-0.1, -0.05) is 37.3 Å². The van der Waals surface area contributed by atoms with E-state index < -0.39 is 5.60 Å². The van der Waals surface area contributed by atoms with Gasteiger partial charge in [0.15, 0.2) is 5.60 Å². The van der Waals surface area contributed by atoms with Crippen LogP contribution in [-0.2, 0) is 21.7 Å². The number of amides is 1. The van der Waals surface area contributed by atoms with Gasteiger partial charge < -0.3 is 10.1 Å². The van der Waals surface area contributed by atoms with Crippen LogP contribution in [0.4, 0.5) is 0 Å². The molecule has 0 unspecified atom stereocenters. The van der Waals surface area contributed by atoms with Gasteiger partial charge in [-0.25, -0.2) is 0 Å². The molecule has 1 aromatic heterocycles. The number of hydrogen-bond donors (Lipinski definition) is 1. The Labute approximate surface area is 144 Å². The molecule has 5 heteroatoms. The van der Waals surface area contributed by atoms with E-state index in [1.807, 2.05) is 48.9 Å². The Kier molecular flexibility index (Phi) is 5.78. The minimum absolute atomic E-state index is 0.128. The molecule has 2 aromatic rings. The van der Waals surface area contributed by atoms with Crippen molar-refractivity contribution >= 4 is 5.91 Å². The average Bonchev–Trinajstić information content (AvgIpc) is 2.89. The van der Waals surface area contributed by atoms with Crippen LogP contribution >= 0.6 is 0 Å². The number of methoxy groups -OCH3 is 1. The minimum Gasteiger partial charge on any atom is -0.364 e. The number of carbonyl (C=O) groups is 1. The highest BCUT2D eigenvalue weighted by molar-refractivity contribution is 5.86. The number of benzene rings is 1. The van der Waals surface area contributed by atoms with Crippen LogP contribution in [0, 0.1) is 19.8 Å². The molecule has 0 radical (unpaired) electrons. The van der Waals surface area contributed by atoms with Crippen LogP contribution in [0.5, 0.6) is 0 Å². The maximum Gasteiger partial charge on any atom is 0.256 e. The number of ether oxygens (including phenoxy) is 1. The maximum absolute atomic E-state index is 12.7. The second kappa shape index (κ2) is 7.62. The molecule has 0 fully saturated rings. The third-order valence-electron chi connectivity index (χ3n) is 4.37. The third-order valence-corrected chi connectivity index (χ3v) is 4.37. The lowest BCUT2D eigenvalue weighted by Crippen LogP contribution is -2.45. The van der Waals surface area contributed by atoms with Crippen LogP contribution < -0.4 is 5.32 Å². The van der Waals surface area contributed by atoms with E-state index in [4.69, 9.17) is 4.74 Å². The van der Waals surface area contributed by atoms with Crippen molar-refractivity contribution in [3.8, 4) is 0 Å². The first-order chi connectivity index (χ1) is 11.4. The molecule has 0 bridgehead atoms. The Bertz CT molecular complexity index is 681. The van der Waals surface area contributed by atoms with E-state index in [2.05, 4.69) is 23.4 Å². The van der Waals surface area contributed by atoms with E-state index in [9.17, 15) is 4.79 Å². The van der Waals surface area contributed by atoms with Crippen molar-refractivity contribution in [3.63, 3.8) is 0 Å². The van der Waals surface area contributed by atoms with E-state index in [-0.39, 0.29) is 11.8 Å². The predicted octanol–water partition coefficient (Wildman–Crippen LogP) is 2.81. The number of nitrogens with one attached hydrogen (secondary N) is 1. The fourth-order valence-corrected chi connectivity index (χ4v) is 2.75. The number of aromatic nitrogens is 2. The van der Waals surface area contributed by atoms with Gasteiger partial charge in [0.1, 0.15) is 0 Å². The molecular weight excluding hydrogens is 302 g/mol. The number of nitrogens with zero attached hydrogens (tertiary/aromatic N) is 2. The topological polar surface area (TPSA) is 56.1 Å².